The van der Waals surface area contributed by atoms with Crippen molar-refractivity contribution in [2.24, 2.45) is 0 Å². The summed E-state index contributed by atoms with van der Waals surface area (Å²) in [6.07, 6.45) is 5.12. The summed E-state index contributed by atoms with van der Waals surface area (Å²) >= 11 is 0. The smallest absolute Gasteiger partial charge is 0.223 e. The molecule has 2 unspecified atom stereocenters. The first-order valence-electron chi connectivity index (χ1n) is 9.17. The van der Waals surface area contributed by atoms with Crippen LogP contribution in [-0.4, -0.2) is 17.4 Å². The zero-order valence-electron chi connectivity index (χ0n) is 14.4. The van der Waals surface area contributed by atoms with Crippen LogP contribution in [-0.2, 0) is 11.2 Å². The Morgan fingerprint density at radius 1 is 1.04 bits per heavy atom. The molecular formula is C22H25NO. The van der Waals surface area contributed by atoms with E-state index in [1.54, 1.807) is 0 Å². The van der Waals surface area contributed by atoms with Crippen molar-refractivity contribution in [2.75, 3.05) is 6.54 Å². The topological polar surface area (TPSA) is 20.3 Å². The summed E-state index contributed by atoms with van der Waals surface area (Å²) in [6.45, 7) is 3.07. The highest BCUT2D eigenvalue weighted by molar-refractivity contribution is 5.78. The fourth-order valence-corrected chi connectivity index (χ4v) is 4.53. The number of nitrogens with zero attached hydrogens (tertiary/aromatic N) is 1. The molecule has 2 nitrogen and oxygen atoms in total. The Bertz CT molecular complexity index is 751. The van der Waals surface area contributed by atoms with Crippen molar-refractivity contribution < 1.29 is 4.79 Å². The summed E-state index contributed by atoms with van der Waals surface area (Å²) < 4.78 is 0. The molecule has 1 fully saturated rings. The molecule has 2 aromatic carbocycles. The third-order valence-corrected chi connectivity index (χ3v) is 5.80. The Morgan fingerprint density at radius 2 is 1.79 bits per heavy atom. The molecule has 2 aromatic rings. The van der Waals surface area contributed by atoms with E-state index in [1.165, 1.54) is 22.3 Å². The fourth-order valence-electron chi connectivity index (χ4n) is 4.53. The van der Waals surface area contributed by atoms with Crippen LogP contribution in [0.2, 0.25) is 0 Å². The number of amides is 1. The lowest BCUT2D eigenvalue weighted by atomic mass is 9.96. The molecule has 0 radical (unpaired) electrons. The maximum Gasteiger partial charge on any atom is 0.223 e. The Kier molecular flexibility index (Phi) is 4.13. The molecule has 1 saturated heterocycles. The van der Waals surface area contributed by atoms with Gasteiger partial charge in [0.2, 0.25) is 5.91 Å². The first-order chi connectivity index (χ1) is 11.7. The Morgan fingerprint density at radius 3 is 2.62 bits per heavy atom. The predicted octanol–water partition coefficient (Wildman–Crippen LogP) is 4.78. The van der Waals surface area contributed by atoms with Crippen LogP contribution in [0.25, 0.3) is 0 Å². The van der Waals surface area contributed by atoms with E-state index in [0.29, 0.717) is 18.2 Å². The van der Waals surface area contributed by atoms with E-state index in [9.17, 15) is 4.79 Å². The second kappa shape index (κ2) is 6.43. The zero-order chi connectivity index (χ0) is 16.5. The number of carbonyl (C=O) groups excluding carboxylic acids is 1. The van der Waals surface area contributed by atoms with Gasteiger partial charge in [0.05, 0.1) is 6.04 Å². The summed E-state index contributed by atoms with van der Waals surface area (Å²) in [6, 6.07) is 17.4. The third-order valence-electron chi connectivity index (χ3n) is 5.80. The van der Waals surface area contributed by atoms with Gasteiger partial charge in [0.1, 0.15) is 0 Å². The standard InChI is InChI=1S/C22H25NO/c1-16-7-2-4-9-19(16)21-11-6-14-23(21)22(24)15-18-13-12-17-8-3-5-10-20(17)18/h2-5,7-10,18,21H,6,11-15H2,1H3. The van der Waals surface area contributed by atoms with Gasteiger partial charge in [-0.25, -0.2) is 0 Å². The average Bonchev–Trinajstić information content (AvgIpc) is 3.23. The zero-order valence-corrected chi connectivity index (χ0v) is 14.4. The highest BCUT2D eigenvalue weighted by Crippen LogP contribution is 2.39. The second-order valence-electron chi connectivity index (χ2n) is 7.24. The number of hydrogen-bond acceptors (Lipinski definition) is 1. The summed E-state index contributed by atoms with van der Waals surface area (Å²) in [5, 5.41) is 0. The third kappa shape index (κ3) is 2.75. The maximum absolute atomic E-state index is 13.0. The molecule has 1 heterocycles. The highest BCUT2D eigenvalue weighted by Gasteiger charge is 2.33. The molecule has 2 aliphatic rings. The lowest BCUT2D eigenvalue weighted by Gasteiger charge is -2.27. The van der Waals surface area contributed by atoms with Gasteiger partial charge in [0.25, 0.3) is 0 Å². The molecular weight excluding hydrogens is 294 g/mol. The molecule has 0 bridgehead atoms. The minimum absolute atomic E-state index is 0.273. The quantitative estimate of drug-likeness (QED) is 0.797. The first-order valence-corrected chi connectivity index (χ1v) is 9.17. The lowest BCUT2D eigenvalue weighted by Crippen LogP contribution is -2.31. The normalized spacial score (nSPS) is 22.6. The van der Waals surface area contributed by atoms with E-state index in [2.05, 4.69) is 60.4 Å². The molecule has 1 amide bonds. The van der Waals surface area contributed by atoms with E-state index in [-0.39, 0.29) is 6.04 Å². The van der Waals surface area contributed by atoms with Gasteiger partial charge in [0, 0.05) is 13.0 Å². The van der Waals surface area contributed by atoms with Crippen molar-refractivity contribution in [3.05, 3.63) is 70.8 Å². The summed E-state index contributed by atoms with van der Waals surface area (Å²) in [4.78, 5) is 15.2. The Labute approximate surface area is 144 Å². The van der Waals surface area contributed by atoms with Gasteiger partial charge in [-0.3, -0.25) is 4.79 Å². The van der Waals surface area contributed by atoms with E-state index in [4.69, 9.17) is 0 Å². The number of hydrogen-bond donors (Lipinski definition) is 0. The van der Waals surface area contributed by atoms with Crippen molar-refractivity contribution in [3.8, 4) is 0 Å². The molecule has 124 valence electrons. The number of rotatable bonds is 3. The van der Waals surface area contributed by atoms with Crippen LogP contribution >= 0.6 is 0 Å². The number of carbonyl (C=O) groups is 1. The summed E-state index contributed by atoms with van der Waals surface area (Å²) in [5.74, 6) is 0.745. The first kappa shape index (κ1) is 15.4. The highest BCUT2D eigenvalue weighted by atomic mass is 16.2. The van der Waals surface area contributed by atoms with Crippen LogP contribution in [0.4, 0.5) is 0 Å². The molecule has 1 aliphatic carbocycles. The predicted molar refractivity (Wildman–Crippen MR) is 97.0 cm³/mol. The van der Waals surface area contributed by atoms with Crippen LogP contribution in [0.15, 0.2) is 48.5 Å². The van der Waals surface area contributed by atoms with Crippen LogP contribution in [0, 0.1) is 6.92 Å². The van der Waals surface area contributed by atoms with Crippen LogP contribution in [0.5, 0.6) is 0 Å². The number of aryl methyl sites for hydroxylation is 2. The van der Waals surface area contributed by atoms with Gasteiger partial charge in [-0.05, 0) is 60.8 Å². The van der Waals surface area contributed by atoms with Crippen LogP contribution < -0.4 is 0 Å². The summed E-state index contributed by atoms with van der Waals surface area (Å²) in [7, 11) is 0. The minimum Gasteiger partial charge on any atom is -0.336 e. The van der Waals surface area contributed by atoms with Crippen molar-refractivity contribution in [1.82, 2.24) is 4.90 Å². The molecule has 4 rings (SSSR count). The van der Waals surface area contributed by atoms with Gasteiger partial charge in [0.15, 0.2) is 0 Å². The van der Waals surface area contributed by atoms with E-state index < -0.39 is 0 Å². The van der Waals surface area contributed by atoms with E-state index in [0.717, 1.165) is 32.2 Å². The summed E-state index contributed by atoms with van der Waals surface area (Å²) in [5.41, 5.74) is 5.47. The lowest BCUT2D eigenvalue weighted by molar-refractivity contribution is -0.132. The molecule has 1 aliphatic heterocycles. The number of likely N-dealkylation sites (tertiary alicyclic amines) is 1. The van der Waals surface area contributed by atoms with Gasteiger partial charge in [-0.15, -0.1) is 0 Å². The molecule has 24 heavy (non-hydrogen) atoms. The molecule has 0 N–H and O–H groups in total. The molecule has 0 saturated carbocycles. The van der Waals surface area contributed by atoms with Gasteiger partial charge in [-0.1, -0.05) is 48.5 Å². The molecule has 0 aromatic heterocycles. The average molecular weight is 319 g/mol. The van der Waals surface area contributed by atoms with E-state index >= 15 is 0 Å². The number of fused-ring (bicyclic) bond motifs is 1. The van der Waals surface area contributed by atoms with Crippen molar-refractivity contribution in [1.29, 1.82) is 0 Å². The van der Waals surface area contributed by atoms with Gasteiger partial charge in [-0.2, -0.15) is 0 Å². The van der Waals surface area contributed by atoms with Crippen molar-refractivity contribution in [3.63, 3.8) is 0 Å². The monoisotopic (exact) mass is 319 g/mol. The van der Waals surface area contributed by atoms with Crippen LogP contribution in [0.1, 0.15) is 59.9 Å². The molecule has 0 spiro atoms. The molecule has 2 heteroatoms. The van der Waals surface area contributed by atoms with Crippen molar-refractivity contribution in [2.45, 2.75) is 51.0 Å². The maximum atomic E-state index is 13.0. The second-order valence-corrected chi connectivity index (χ2v) is 7.24. The fraction of sp³-hybridized carbons (Fsp3) is 0.409. The number of benzene rings is 2. The van der Waals surface area contributed by atoms with Gasteiger partial charge >= 0.3 is 0 Å². The van der Waals surface area contributed by atoms with E-state index in [1.807, 2.05) is 0 Å². The van der Waals surface area contributed by atoms with Crippen molar-refractivity contribution >= 4 is 5.91 Å². The Hall–Kier alpha value is -2.09. The van der Waals surface area contributed by atoms with Gasteiger partial charge < -0.3 is 4.90 Å². The van der Waals surface area contributed by atoms with Crippen LogP contribution in [0.3, 0.4) is 0 Å². The largest absolute Gasteiger partial charge is 0.336 e. The minimum atomic E-state index is 0.273. The Balaban J connectivity index is 1.51. The molecule has 2 atom stereocenters. The SMILES string of the molecule is Cc1ccccc1C1CCCN1C(=O)CC1CCc2ccccc21.